The van der Waals surface area contributed by atoms with Gasteiger partial charge in [0.25, 0.3) is 0 Å². The Kier molecular flexibility index (Phi) is 8.52. The van der Waals surface area contributed by atoms with E-state index in [2.05, 4.69) is 56.4 Å². The highest BCUT2D eigenvalue weighted by Gasteiger charge is 2.13. The first-order valence-electron chi connectivity index (χ1n) is 10.1. The molecule has 0 spiro atoms. The van der Waals surface area contributed by atoms with Gasteiger partial charge in [0.05, 0.1) is 0 Å². The molecule has 28 heavy (non-hydrogen) atoms. The lowest BCUT2D eigenvalue weighted by Crippen LogP contribution is -2.19. The Morgan fingerprint density at radius 3 is 2.39 bits per heavy atom. The van der Waals surface area contributed by atoms with Crippen LogP contribution in [-0.4, -0.2) is 24.2 Å². The van der Waals surface area contributed by atoms with Gasteiger partial charge < -0.3 is 15.2 Å². The van der Waals surface area contributed by atoms with E-state index in [4.69, 9.17) is 9.84 Å². The molecule has 4 nitrogen and oxygen atoms in total. The number of unbranched alkanes of at least 4 members (excludes halogenated alkanes) is 1. The molecular formula is C24H33NO3. The molecule has 152 valence electrons. The van der Waals surface area contributed by atoms with Gasteiger partial charge >= 0.3 is 5.97 Å². The Morgan fingerprint density at radius 1 is 1.00 bits per heavy atom. The van der Waals surface area contributed by atoms with Crippen LogP contribution in [0.25, 0.3) is 0 Å². The molecule has 2 aromatic rings. The number of rotatable bonds is 11. The van der Waals surface area contributed by atoms with Crippen molar-refractivity contribution >= 4 is 5.97 Å². The standard InChI is InChI=1S/C24H33NO3/c1-24(2,3)21-13-11-19(12-14-21)18-28-22-9-5-4-8-20(22)15-17-25-16-7-6-10-23(26)27/h4-5,8-9,11-14,25H,6-7,10,15-18H2,1-3H3,(H,26,27). The first-order valence-corrected chi connectivity index (χ1v) is 10.1. The minimum absolute atomic E-state index is 0.159. The van der Waals surface area contributed by atoms with Crippen molar-refractivity contribution < 1.29 is 14.6 Å². The predicted molar refractivity (Wildman–Crippen MR) is 114 cm³/mol. The van der Waals surface area contributed by atoms with E-state index in [-0.39, 0.29) is 11.8 Å². The Labute approximate surface area is 168 Å². The number of carboxylic acids is 1. The van der Waals surface area contributed by atoms with Crippen molar-refractivity contribution in [3.8, 4) is 5.75 Å². The fourth-order valence-electron chi connectivity index (χ4n) is 2.99. The molecule has 0 heterocycles. The molecule has 0 radical (unpaired) electrons. The van der Waals surface area contributed by atoms with Crippen molar-refractivity contribution in [3.05, 3.63) is 65.2 Å². The first-order chi connectivity index (χ1) is 13.4. The number of ether oxygens (including phenoxy) is 1. The van der Waals surface area contributed by atoms with Crippen molar-refractivity contribution in [2.24, 2.45) is 0 Å². The van der Waals surface area contributed by atoms with Crippen molar-refractivity contribution in [3.63, 3.8) is 0 Å². The van der Waals surface area contributed by atoms with Crippen molar-refractivity contribution in [1.82, 2.24) is 5.32 Å². The lowest BCUT2D eigenvalue weighted by Gasteiger charge is -2.19. The lowest BCUT2D eigenvalue weighted by molar-refractivity contribution is -0.137. The topological polar surface area (TPSA) is 58.6 Å². The average molecular weight is 384 g/mol. The molecule has 2 aromatic carbocycles. The Balaban J connectivity index is 1.79. The number of hydrogen-bond donors (Lipinski definition) is 2. The molecule has 0 saturated carbocycles. The average Bonchev–Trinajstić information content (AvgIpc) is 2.66. The maximum atomic E-state index is 10.5. The lowest BCUT2D eigenvalue weighted by atomic mass is 9.87. The highest BCUT2D eigenvalue weighted by atomic mass is 16.5. The molecular weight excluding hydrogens is 350 g/mol. The molecule has 0 fully saturated rings. The van der Waals surface area contributed by atoms with Gasteiger partial charge in [-0.3, -0.25) is 4.79 Å². The van der Waals surface area contributed by atoms with E-state index in [1.807, 2.05) is 18.2 Å². The van der Waals surface area contributed by atoms with Gasteiger partial charge in [0.1, 0.15) is 12.4 Å². The van der Waals surface area contributed by atoms with E-state index in [0.717, 1.165) is 38.1 Å². The molecule has 0 bridgehead atoms. The van der Waals surface area contributed by atoms with Gasteiger partial charge in [-0.05, 0) is 60.5 Å². The van der Waals surface area contributed by atoms with Gasteiger partial charge in [0.15, 0.2) is 0 Å². The summed E-state index contributed by atoms with van der Waals surface area (Å²) >= 11 is 0. The van der Waals surface area contributed by atoms with E-state index in [1.165, 1.54) is 16.7 Å². The van der Waals surface area contributed by atoms with Crippen LogP contribution in [-0.2, 0) is 23.2 Å². The summed E-state index contributed by atoms with van der Waals surface area (Å²) in [4.78, 5) is 10.5. The molecule has 0 atom stereocenters. The maximum absolute atomic E-state index is 10.5. The third kappa shape index (κ3) is 7.73. The van der Waals surface area contributed by atoms with Crippen LogP contribution in [0.15, 0.2) is 48.5 Å². The van der Waals surface area contributed by atoms with Gasteiger partial charge in [0, 0.05) is 6.42 Å². The van der Waals surface area contributed by atoms with Gasteiger partial charge in [0.2, 0.25) is 0 Å². The van der Waals surface area contributed by atoms with E-state index in [0.29, 0.717) is 6.61 Å². The van der Waals surface area contributed by atoms with Crippen LogP contribution in [0.4, 0.5) is 0 Å². The van der Waals surface area contributed by atoms with Crippen LogP contribution < -0.4 is 10.1 Å². The van der Waals surface area contributed by atoms with Crippen molar-refractivity contribution in [2.75, 3.05) is 13.1 Å². The first kappa shape index (κ1) is 22.0. The Hall–Kier alpha value is -2.33. The summed E-state index contributed by atoms with van der Waals surface area (Å²) in [7, 11) is 0. The second-order valence-electron chi connectivity index (χ2n) is 8.19. The minimum Gasteiger partial charge on any atom is -0.489 e. The van der Waals surface area contributed by atoms with Gasteiger partial charge in [-0.15, -0.1) is 0 Å². The van der Waals surface area contributed by atoms with Crippen LogP contribution in [0.5, 0.6) is 5.75 Å². The van der Waals surface area contributed by atoms with Crippen LogP contribution >= 0.6 is 0 Å². The van der Waals surface area contributed by atoms with Crippen molar-refractivity contribution in [1.29, 1.82) is 0 Å². The smallest absolute Gasteiger partial charge is 0.303 e. The normalized spacial score (nSPS) is 11.4. The number of carbonyl (C=O) groups is 1. The number of carboxylic acid groups (broad SMARTS) is 1. The van der Waals surface area contributed by atoms with Crippen LogP contribution in [0.3, 0.4) is 0 Å². The summed E-state index contributed by atoms with van der Waals surface area (Å²) in [6.45, 7) is 8.91. The molecule has 0 unspecified atom stereocenters. The van der Waals surface area contributed by atoms with Gasteiger partial charge in [-0.25, -0.2) is 0 Å². The third-order valence-electron chi connectivity index (χ3n) is 4.75. The summed E-state index contributed by atoms with van der Waals surface area (Å²) in [5, 5.41) is 12.0. The molecule has 0 saturated heterocycles. The SMILES string of the molecule is CC(C)(C)c1ccc(COc2ccccc2CCNCCCCC(=O)O)cc1. The molecule has 2 N–H and O–H groups in total. The number of para-hydroxylation sites is 1. The van der Waals surface area contributed by atoms with E-state index < -0.39 is 5.97 Å². The molecule has 0 aliphatic heterocycles. The fraction of sp³-hybridized carbons (Fsp3) is 0.458. The maximum Gasteiger partial charge on any atom is 0.303 e. The van der Waals surface area contributed by atoms with Crippen molar-refractivity contribution in [2.45, 2.75) is 58.5 Å². The summed E-state index contributed by atoms with van der Waals surface area (Å²) in [6, 6.07) is 16.8. The van der Waals surface area contributed by atoms with Crippen LogP contribution in [0.2, 0.25) is 0 Å². The molecule has 4 heteroatoms. The van der Waals surface area contributed by atoms with Gasteiger partial charge in [-0.1, -0.05) is 63.2 Å². The summed E-state index contributed by atoms with van der Waals surface area (Å²) in [5.41, 5.74) is 3.84. The molecule has 0 aromatic heterocycles. The zero-order chi connectivity index (χ0) is 20.4. The second-order valence-corrected chi connectivity index (χ2v) is 8.19. The monoisotopic (exact) mass is 383 g/mol. The quantitative estimate of drug-likeness (QED) is 0.539. The molecule has 2 rings (SSSR count). The number of nitrogens with one attached hydrogen (secondary N) is 1. The fourth-order valence-corrected chi connectivity index (χ4v) is 2.99. The van der Waals surface area contributed by atoms with Crippen LogP contribution in [0, 0.1) is 0 Å². The number of hydrogen-bond acceptors (Lipinski definition) is 3. The molecule has 0 amide bonds. The van der Waals surface area contributed by atoms with E-state index in [9.17, 15) is 4.79 Å². The van der Waals surface area contributed by atoms with Crippen LogP contribution in [0.1, 0.15) is 56.7 Å². The third-order valence-corrected chi connectivity index (χ3v) is 4.75. The van der Waals surface area contributed by atoms with E-state index in [1.54, 1.807) is 0 Å². The molecule has 0 aliphatic carbocycles. The summed E-state index contributed by atoms with van der Waals surface area (Å²) < 4.78 is 6.08. The minimum atomic E-state index is -0.723. The second kappa shape index (κ2) is 10.9. The molecule has 0 aliphatic rings. The highest BCUT2D eigenvalue weighted by Crippen LogP contribution is 2.23. The van der Waals surface area contributed by atoms with E-state index >= 15 is 0 Å². The highest BCUT2D eigenvalue weighted by molar-refractivity contribution is 5.66. The summed E-state index contributed by atoms with van der Waals surface area (Å²) in [6.07, 6.45) is 2.73. The number of benzene rings is 2. The Morgan fingerprint density at radius 2 is 1.71 bits per heavy atom. The number of aliphatic carboxylic acids is 1. The Bertz CT molecular complexity index is 732. The van der Waals surface area contributed by atoms with Gasteiger partial charge in [-0.2, -0.15) is 0 Å². The zero-order valence-corrected chi connectivity index (χ0v) is 17.3. The predicted octanol–water partition coefficient (Wildman–Crippen LogP) is 4.95. The summed E-state index contributed by atoms with van der Waals surface area (Å²) in [5.74, 6) is 0.203. The zero-order valence-electron chi connectivity index (χ0n) is 17.3. The largest absolute Gasteiger partial charge is 0.489 e.